The lowest BCUT2D eigenvalue weighted by molar-refractivity contribution is -0.119. The number of carbonyl (C=O) groups is 1. The molecular formula is C26H23N3O4S. The van der Waals surface area contributed by atoms with Gasteiger partial charge < -0.3 is 5.11 Å². The molecule has 5 rings (SSSR count). The number of sulfone groups is 1. The van der Waals surface area contributed by atoms with Gasteiger partial charge in [-0.25, -0.2) is 18.4 Å². The van der Waals surface area contributed by atoms with E-state index < -0.39 is 9.84 Å². The van der Waals surface area contributed by atoms with Gasteiger partial charge in [-0.3, -0.25) is 9.78 Å². The predicted molar refractivity (Wildman–Crippen MR) is 127 cm³/mol. The quantitative estimate of drug-likeness (QED) is 0.418. The molecule has 1 N–H and O–H groups in total. The molecule has 1 saturated carbocycles. The van der Waals surface area contributed by atoms with Gasteiger partial charge in [-0.2, -0.15) is 0 Å². The van der Waals surface area contributed by atoms with E-state index in [0.29, 0.717) is 6.42 Å². The number of hydrogen-bond acceptors (Lipinski definition) is 7. The lowest BCUT2D eigenvalue weighted by atomic mass is 9.99. The van der Waals surface area contributed by atoms with Crippen molar-refractivity contribution in [2.24, 2.45) is 5.92 Å². The van der Waals surface area contributed by atoms with Crippen LogP contribution in [-0.2, 0) is 33.4 Å². The van der Waals surface area contributed by atoms with Crippen LogP contribution in [0.4, 0.5) is 0 Å². The molecule has 2 aromatic heterocycles. The predicted octanol–water partition coefficient (Wildman–Crippen LogP) is 3.41. The van der Waals surface area contributed by atoms with Gasteiger partial charge in [0, 0.05) is 48.1 Å². The second kappa shape index (κ2) is 9.04. The van der Waals surface area contributed by atoms with Crippen molar-refractivity contribution in [3.05, 3.63) is 95.8 Å². The van der Waals surface area contributed by atoms with Gasteiger partial charge in [0.1, 0.15) is 17.4 Å². The summed E-state index contributed by atoms with van der Waals surface area (Å²) in [5.41, 5.74) is 2.62. The summed E-state index contributed by atoms with van der Waals surface area (Å²) in [6.45, 7) is -0.101. The Balaban J connectivity index is 1.25. The Morgan fingerprint density at radius 1 is 1.03 bits per heavy atom. The number of hydrogen-bond donors (Lipinski definition) is 1. The van der Waals surface area contributed by atoms with Crippen LogP contribution in [-0.4, -0.2) is 34.3 Å². The molecule has 172 valence electrons. The van der Waals surface area contributed by atoms with Crippen LogP contribution in [0.1, 0.15) is 34.9 Å². The fraction of sp³-hybridized carbons (Fsp3) is 0.231. The average Bonchev–Trinajstić information content (AvgIpc) is 3.65. The van der Waals surface area contributed by atoms with Crippen LogP contribution in [0, 0.1) is 5.92 Å². The molecule has 1 aliphatic carbocycles. The van der Waals surface area contributed by atoms with Crippen molar-refractivity contribution < 1.29 is 18.3 Å². The first kappa shape index (κ1) is 22.3. The van der Waals surface area contributed by atoms with Crippen LogP contribution in [0.5, 0.6) is 0 Å². The Morgan fingerprint density at radius 3 is 2.53 bits per heavy atom. The van der Waals surface area contributed by atoms with Crippen molar-refractivity contribution in [1.29, 1.82) is 0 Å². The van der Waals surface area contributed by atoms with Crippen LogP contribution in [0.2, 0.25) is 0 Å². The molecule has 0 amide bonds. The van der Waals surface area contributed by atoms with Crippen molar-refractivity contribution in [2.75, 3.05) is 0 Å². The second-order valence-electron chi connectivity index (χ2n) is 8.60. The van der Waals surface area contributed by atoms with E-state index in [4.69, 9.17) is 0 Å². The summed E-state index contributed by atoms with van der Waals surface area (Å²) in [6.07, 6.45) is 7.52. The highest BCUT2D eigenvalue weighted by molar-refractivity contribution is 7.90. The number of rotatable bonds is 8. The van der Waals surface area contributed by atoms with Gasteiger partial charge in [-0.1, -0.05) is 30.3 Å². The Labute approximate surface area is 197 Å². The van der Waals surface area contributed by atoms with Gasteiger partial charge >= 0.3 is 0 Å². The molecule has 0 saturated heterocycles. The summed E-state index contributed by atoms with van der Waals surface area (Å²) in [5, 5.41) is 11.4. The molecule has 4 aromatic rings. The van der Waals surface area contributed by atoms with Crippen molar-refractivity contribution in [1.82, 2.24) is 15.0 Å². The van der Waals surface area contributed by atoms with Crippen LogP contribution in [0.15, 0.2) is 78.2 Å². The maximum atomic E-state index is 12.9. The summed E-state index contributed by atoms with van der Waals surface area (Å²) in [7, 11) is -3.54. The zero-order valence-electron chi connectivity index (χ0n) is 18.3. The van der Waals surface area contributed by atoms with E-state index >= 15 is 0 Å². The Kier molecular flexibility index (Phi) is 5.93. The van der Waals surface area contributed by atoms with E-state index in [1.807, 2.05) is 18.2 Å². The van der Waals surface area contributed by atoms with Crippen molar-refractivity contribution >= 4 is 26.4 Å². The normalized spacial score (nSPS) is 17.6. The minimum atomic E-state index is -3.54. The number of aliphatic hydroxyl groups is 1. The standard InChI is InChI=1S/C26H23N3O4S/c30-15-20-14-27-13-19-3-2-17(10-22(19)20)11-25(31)24-12-23(24)18-4-6-21(7-5-18)34(32,33)16-26-28-8-1-9-29-26/h1-10,13-14,23-24,30H,11-12,15-16H2/t23?,24-/m1/s1. The summed E-state index contributed by atoms with van der Waals surface area (Å²) in [6, 6.07) is 14.2. The molecule has 1 unspecified atom stereocenters. The number of pyridine rings is 1. The number of aromatic nitrogens is 3. The molecule has 2 heterocycles. The molecule has 0 spiro atoms. The zero-order valence-corrected chi connectivity index (χ0v) is 19.1. The monoisotopic (exact) mass is 473 g/mol. The number of benzene rings is 2. The van der Waals surface area contributed by atoms with E-state index in [0.717, 1.165) is 33.9 Å². The number of fused-ring (bicyclic) bond motifs is 1. The first-order valence-electron chi connectivity index (χ1n) is 11.0. The molecule has 1 aliphatic rings. The highest BCUT2D eigenvalue weighted by Gasteiger charge is 2.43. The number of nitrogens with zero attached hydrogens (tertiary/aromatic N) is 3. The highest BCUT2D eigenvalue weighted by Crippen LogP contribution is 2.48. The number of ketones is 1. The maximum Gasteiger partial charge on any atom is 0.185 e. The molecule has 34 heavy (non-hydrogen) atoms. The van der Waals surface area contributed by atoms with Crippen molar-refractivity contribution in [3.63, 3.8) is 0 Å². The summed E-state index contributed by atoms with van der Waals surface area (Å²) >= 11 is 0. The molecule has 2 atom stereocenters. The van der Waals surface area contributed by atoms with Gasteiger partial charge in [0.15, 0.2) is 9.84 Å². The minimum Gasteiger partial charge on any atom is -0.392 e. The Hall–Kier alpha value is -3.49. The van der Waals surface area contributed by atoms with E-state index in [-0.39, 0.29) is 40.7 Å². The first-order chi connectivity index (χ1) is 16.4. The molecule has 0 aliphatic heterocycles. The zero-order chi connectivity index (χ0) is 23.7. The highest BCUT2D eigenvalue weighted by atomic mass is 32.2. The lowest BCUT2D eigenvalue weighted by Gasteiger charge is -2.07. The third-order valence-corrected chi connectivity index (χ3v) is 7.89. The molecule has 0 radical (unpaired) electrons. The SMILES string of the molecule is O=C(Cc1ccc2cncc(CO)c2c1)[C@@H]1CC1c1ccc(S(=O)(=O)Cc2ncccn2)cc1. The first-order valence-corrected chi connectivity index (χ1v) is 12.7. The number of Topliss-reactive ketones (excluding diaryl/α,β-unsaturated/α-hetero) is 1. The topological polar surface area (TPSA) is 110 Å². The summed E-state index contributed by atoms with van der Waals surface area (Å²) in [4.78, 5) is 25.2. The largest absolute Gasteiger partial charge is 0.392 e. The van der Waals surface area contributed by atoms with Crippen LogP contribution < -0.4 is 0 Å². The molecule has 2 aromatic carbocycles. The molecule has 1 fully saturated rings. The molecule has 7 nitrogen and oxygen atoms in total. The molecule has 0 bridgehead atoms. The van der Waals surface area contributed by atoms with Gasteiger partial charge in [0.2, 0.25) is 0 Å². The third kappa shape index (κ3) is 4.60. The van der Waals surface area contributed by atoms with E-state index in [2.05, 4.69) is 15.0 Å². The number of carbonyl (C=O) groups excluding carboxylic acids is 1. The van der Waals surface area contributed by atoms with Gasteiger partial charge in [-0.15, -0.1) is 0 Å². The number of aliphatic hydroxyl groups excluding tert-OH is 1. The van der Waals surface area contributed by atoms with Gasteiger partial charge in [0.25, 0.3) is 0 Å². The average molecular weight is 474 g/mol. The fourth-order valence-corrected chi connectivity index (χ4v) is 5.55. The van der Waals surface area contributed by atoms with Crippen LogP contribution in [0.25, 0.3) is 10.8 Å². The van der Waals surface area contributed by atoms with E-state index in [9.17, 15) is 18.3 Å². The Morgan fingerprint density at radius 2 is 1.79 bits per heavy atom. The van der Waals surface area contributed by atoms with Crippen molar-refractivity contribution in [2.45, 2.75) is 36.0 Å². The summed E-state index contributed by atoms with van der Waals surface area (Å²) in [5.74, 6) is 0.222. The Bertz CT molecular complexity index is 1450. The molecular weight excluding hydrogens is 450 g/mol. The minimum absolute atomic E-state index is 0.0642. The maximum absolute atomic E-state index is 12.9. The fourth-order valence-electron chi connectivity index (χ4n) is 4.34. The lowest BCUT2D eigenvalue weighted by Crippen LogP contribution is -2.08. The van der Waals surface area contributed by atoms with Gasteiger partial charge in [-0.05, 0) is 47.1 Å². The van der Waals surface area contributed by atoms with Crippen molar-refractivity contribution in [3.8, 4) is 0 Å². The molecule has 8 heteroatoms. The van der Waals surface area contributed by atoms with Gasteiger partial charge in [0.05, 0.1) is 11.5 Å². The van der Waals surface area contributed by atoms with E-state index in [1.54, 1.807) is 42.7 Å². The summed E-state index contributed by atoms with van der Waals surface area (Å²) < 4.78 is 25.3. The smallest absolute Gasteiger partial charge is 0.185 e. The second-order valence-corrected chi connectivity index (χ2v) is 10.6. The third-order valence-electron chi connectivity index (χ3n) is 6.27. The van der Waals surface area contributed by atoms with Crippen LogP contribution >= 0.6 is 0 Å². The van der Waals surface area contributed by atoms with E-state index in [1.165, 1.54) is 12.4 Å². The van der Waals surface area contributed by atoms with Crippen LogP contribution in [0.3, 0.4) is 0 Å².